The number of carboxylic acid groups (broad SMARTS) is 1. The van der Waals surface area contributed by atoms with E-state index in [0.717, 1.165) is 35.1 Å². The molecule has 5 nitrogen and oxygen atoms in total. The number of hydrazone groups is 1. The summed E-state index contributed by atoms with van der Waals surface area (Å²) in [7, 11) is 0. The Morgan fingerprint density at radius 1 is 1.27 bits per heavy atom. The summed E-state index contributed by atoms with van der Waals surface area (Å²) in [5, 5.41) is 13.0. The van der Waals surface area contributed by atoms with E-state index in [1.165, 1.54) is 0 Å². The van der Waals surface area contributed by atoms with Crippen molar-refractivity contribution in [1.29, 1.82) is 0 Å². The molecule has 0 spiro atoms. The molecular formula is C17H18N2O3. The first-order valence-corrected chi connectivity index (χ1v) is 7.07. The largest absolute Gasteiger partial charge is 0.481 e. The molecule has 0 saturated carbocycles. The minimum absolute atomic E-state index is 0.0129. The Hall–Kier alpha value is -2.69. The first kappa shape index (κ1) is 15.7. The molecule has 0 aliphatic heterocycles. The van der Waals surface area contributed by atoms with E-state index in [1.54, 1.807) is 12.1 Å². The maximum Gasteiger partial charge on any atom is 0.307 e. The van der Waals surface area contributed by atoms with Crippen molar-refractivity contribution >= 4 is 18.1 Å². The molecule has 0 radical (unpaired) electrons. The van der Waals surface area contributed by atoms with Gasteiger partial charge in [0.15, 0.2) is 0 Å². The number of hydrogen-bond acceptors (Lipinski definition) is 3. The fraction of sp³-hybridized carbons (Fsp3) is 0.235. The van der Waals surface area contributed by atoms with E-state index < -0.39 is 5.97 Å². The van der Waals surface area contributed by atoms with E-state index in [4.69, 9.17) is 5.11 Å². The summed E-state index contributed by atoms with van der Waals surface area (Å²) in [5.41, 5.74) is 6.71. The predicted molar refractivity (Wildman–Crippen MR) is 84.6 cm³/mol. The van der Waals surface area contributed by atoms with Crippen molar-refractivity contribution in [3.05, 3.63) is 58.7 Å². The third-order valence-electron chi connectivity index (χ3n) is 3.46. The second-order valence-electron chi connectivity index (χ2n) is 5.06. The summed E-state index contributed by atoms with van der Waals surface area (Å²) < 4.78 is 0. The van der Waals surface area contributed by atoms with Gasteiger partial charge >= 0.3 is 5.97 Å². The van der Waals surface area contributed by atoms with E-state index >= 15 is 0 Å². The standard InChI is InChI=1S/C17H18N2O3/c1-12-4-2-3-5-15(12)17(19-18-11-20)14-8-6-13(7-9-14)10-16(21)22/h4-9,11H,2-3,10H2,1H3,(H,18,20)(H,21,22)/b19-17-. The average molecular weight is 298 g/mol. The van der Waals surface area contributed by atoms with E-state index in [1.807, 2.05) is 19.1 Å². The molecule has 5 heteroatoms. The Balaban J connectivity index is 2.34. The molecule has 114 valence electrons. The molecule has 1 amide bonds. The summed E-state index contributed by atoms with van der Waals surface area (Å²) in [6.07, 6.45) is 6.70. The molecule has 2 N–H and O–H groups in total. The normalized spacial score (nSPS) is 14.9. The zero-order chi connectivity index (χ0) is 15.9. The van der Waals surface area contributed by atoms with Crippen LogP contribution in [0.5, 0.6) is 0 Å². The second kappa shape index (κ2) is 7.36. The van der Waals surface area contributed by atoms with Gasteiger partial charge in [-0.25, -0.2) is 5.43 Å². The lowest BCUT2D eigenvalue weighted by molar-refractivity contribution is -0.136. The fourth-order valence-corrected chi connectivity index (χ4v) is 2.41. The first-order chi connectivity index (χ1) is 10.6. The van der Waals surface area contributed by atoms with Crippen LogP contribution in [0.3, 0.4) is 0 Å². The van der Waals surface area contributed by atoms with Gasteiger partial charge in [0.25, 0.3) is 0 Å². The lowest BCUT2D eigenvalue weighted by Crippen LogP contribution is -2.14. The van der Waals surface area contributed by atoms with Crippen LogP contribution in [0, 0.1) is 0 Å². The minimum atomic E-state index is -0.863. The number of benzene rings is 1. The highest BCUT2D eigenvalue weighted by Gasteiger charge is 2.14. The van der Waals surface area contributed by atoms with Crippen molar-refractivity contribution in [3.63, 3.8) is 0 Å². The van der Waals surface area contributed by atoms with Crippen LogP contribution in [0.2, 0.25) is 0 Å². The topological polar surface area (TPSA) is 78.8 Å². The third-order valence-corrected chi connectivity index (χ3v) is 3.46. The smallest absolute Gasteiger partial charge is 0.307 e. The number of nitrogens with one attached hydrogen (secondary N) is 1. The zero-order valence-corrected chi connectivity index (χ0v) is 12.4. The lowest BCUT2D eigenvalue weighted by Gasteiger charge is -2.15. The third kappa shape index (κ3) is 3.91. The van der Waals surface area contributed by atoms with Crippen molar-refractivity contribution in [1.82, 2.24) is 5.43 Å². The van der Waals surface area contributed by atoms with Gasteiger partial charge in [-0.05, 0) is 30.9 Å². The van der Waals surface area contributed by atoms with Crippen LogP contribution in [0.15, 0.2) is 52.7 Å². The Morgan fingerprint density at radius 3 is 2.55 bits per heavy atom. The molecule has 1 aromatic carbocycles. The maximum absolute atomic E-state index is 10.7. The quantitative estimate of drug-likeness (QED) is 0.481. The number of hydrogen-bond donors (Lipinski definition) is 2. The van der Waals surface area contributed by atoms with Crippen LogP contribution in [0.4, 0.5) is 0 Å². The fourth-order valence-electron chi connectivity index (χ4n) is 2.41. The van der Waals surface area contributed by atoms with Gasteiger partial charge in [-0.15, -0.1) is 0 Å². The van der Waals surface area contributed by atoms with Gasteiger partial charge in [-0.2, -0.15) is 5.10 Å². The Morgan fingerprint density at radius 2 is 1.95 bits per heavy atom. The summed E-state index contributed by atoms with van der Waals surface area (Å²) in [6, 6.07) is 7.18. The highest BCUT2D eigenvalue weighted by atomic mass is 16.4. The molecule has 1 aliphatic carbocycles. The number of aliphatic carboxylic acids is 1. The van der Waals surface area contributed by atoms with E-state index in [2.05, 4.69) is 22.7 Å². The number of rotatable bonds is 6. The number of nitrogens with zero attached hydrogens (tertiary/aromatic N) is 1. The number of amides is 1. The summed E-state index contributed by atoms with van der Waals surface area (Å²) in [5.74, 6) is -0.863. The van der Waals surface area contributed by atoms with Crippen LogP contribution >= 0.6 is 0 Å². The summed E-state index contributed by atoms with van der Waals surface area (Å²) in [6.45, 7) is 2.01. The molecule has 2 rings (SSSR count). The highest BCUT2D eigenvalue weighted by Crippen LogP contribution is 2.23. The maximum atomic E-state index is 10.7. The SMILES string of the molecule is CC1=CCCC=C1/C(=N\NC=O)c1ccc(CC(=O)O)cc1. The van der Waals surface area contributed by atoms with Gasteiger partial charge in [-0.1, -0.05) is 36.4 Å². The van der Waals surface area contributed by atoms with Crippen LogP contribution in [0.25, 0.3) is 0 Å². The van der Waals surface area contributed by atoms with Gasteiger partial charge in [0.05, 0.1) is 12.1 Å². The Labute approximate surface area is 129 Å². The summed E-state index contributed by atoms with van der Waals surface area (Å²) in [4.78, 5) is 21.3. The van der Waals surface area contributed by atoms with Crippen molar-refractivity contribution in [3.8, 4) is 0 Å². The number of carboxylic acids is 1. The second-order valence-corrected chi connectivity index (χ2v) is 5.06. The predicted octanol–water partition coefficient (Wildman–Crippen LogP) is 2.43. The molecule has 0 atom stereocenters. The van der Waals surface area contributed by atoms with Crippen LogP contribution in [-0.2, 0) is 16.0 Å². The van der Waals surface area contributed by atoms with Crippen LogP contribution in [0.1, 0.15) is 30.9 Å². The van der Waals surface area contributed by atoms with Crippen molar-refractivity contribution < 1.29 is 14.7 Å². The highest BCUT2D eigenvalue weighted by molar-refractivity contribution is 6.15. The Kier molecular flexibility index (Phi) is 5.25. The zero-order valence-electron chi connectivity index (χ0n) is 12.4. The average Bonchev–Trinajstić information content (AvgIpc) is 2.50. The van der Waals surface area contributed by atoms with Crippen molar-refractivity contribution in [2.45, 2.75) is 26.2 Å². The molecule has 0 heterocycles. The minimum Gasteiger partial charge on any atom is -0.481 e. The molecular weight excluding hydrogens is 280 g/mol. The molecule has 1 aromatic rings. The van der Waals surface area contributed by atoms with Crippen molar-refractivity contribution in [2.24, 2.45) is 5.10 Å². The van der Waals surface area contributed by atoms with Crippen LogP contribution in [-0.4, -0.2) is 23.2 Å². The van der Waals surface area contributed by atoms with Crippen molar-refractivity contribution in [2.75, 3.05) is 0 Å². The monoisotopic (exact) mass is 298 g/mol. The molecule has 0 aromatic heterocycles. The number of carbonyl (C=O) groups excluding carboxylic acids is 1. The van der Waals surface area contributed by atoms with E-state index in [-0.39, 0.29) is 6.42 Å². The number of carbonyl (C=O) groups is 2. The molecule has 0 saturated heterocycles. The summed E-state index contributed by atoms with van der Waals surface area (Å²) >= 11 is 0. The molecule has 0 bridgehead atoms. The van der Waals surface area contributed by atoms with Gasteiger partial charge < -0.3 is 5.11 Å². The van der Waals surface area contributed by atoms with Gasteiger partial charge in [0.1, 0.15) is 0 Å². The lowest BCUT2D eigenvalue weighted by atomic mass is 9.91. The number of allylic oxidation sites excluding steroid dienone is 4. The van der Waals surface area contributed by atoms with E-state index in [0.29, 0.717) is 12.1 Å². The van der Waals surface area contributed by atoms with Crippen LogP contribution < -0.4 is 5.43 Å². The van der Waals surface area contributed by atoms with E-state index in [9.17, 15) is 9.59 Å². The molecule has 1 aliphatic rings. The molecule has 0 unspecified atom stereocenters. The molecule has 22 heavy (non-hydrogen) atoms. The van der Waals surface area contributed by atoms with Gasteiger partial charge in [0.2, 0.25) is 6.41 Å². The van der Waals surface area contributed by atoms with Gasteiger partial charge in [0, 0.05) is 11.1 Å². The van der Waals surface area contributed by atoms with Gasteiger partial charge in [-0.3, -0.25) is 9.59 Å². The Bertz CT molecular complexity index is 655. The molecule has 0 fully saturated rings. The first-order valence-electron chi connectivity index (χ1n) is 7.07.